The van der Waals surface area contributed by atoms with Gasteiger partial charge in [0.2, 0.25) is 5.79 Å². The summed E-state index contributed by atoms with van der Waals surface area (Å²) in [5.74, 6) is -7.90. The van der Waals surface area contributed by atoms with Crippen LogP contribution in [0.25, 0.3) is 10.4 Å². The fourth-order valence-electron chi connectivity index (χ4n) is 12.5. The van der Waals surface area contributed by atoms with Gasteiger partial charge in [0.05, 0.1) is 104 Å². The van der Waals surface area contributed by atoms with Crippen LogP contribution in [0.4, 0.5) is 4.79 Å². The van der Waals surface area contributed by atoms with Crippen molar-refractivity contribution in [1.82, 2.24) is 10.2 Å². The standard InChI is InChI=1S/C68H113N5O20/c1-12-84-28-29-86-32-33-88-36-37-90-39-38-89-35-34-87-31-30-85-27-25-70-67(79)92-57-24-22-53(43-60(57)82-10)42-49(5)59-45-55(71-72-69)48(4)41-51(7)62(75)63(83-11)61(74)50(6)40-46(2)18-14-13-15-19-47(3)58(81-9)44-54-23-21-52(8)68(80,93-54)64(76)65(77)73-26-17-16-20-56(73)66(78)91-59/h13-15,18-19,41,46,48-50,52-60,62-63,75,80H,12,16-17,20-40,42-45H2,1-11H3,(H,70,79)/b15-13+,18-14+,47-19+,51-41+/t46-,48?,49-,50?,52-,53+,54+,55+,56+,57-,58+,59+,60-,62-,63+,68-/m1/s1. The number of amides is 2. The Morgan fingerprint density at radius 1 is 0.753 bits per heavy atom. The summed E-state index contributed by atoms with van der Waals surface area (Å²) in [6.45, 7) is 21.4. The van der Waals surface area contributed by atoms with Gasteiger partial charge >= 0.3 is 12.1 Å². The molecule has 2 unspecified atom stereocenters. The van der Waals surface area contributed by atoms with E-state index in [9.17, 15) is 39.7 Å². The fourth-order valence-corrected chi connectivity index (χ4v) is 12.5. The summed E-state index contributed by atoms with van der Waals surface area (Å²) in [7, 11) is 4.52. The first-order valence-electron chi connectivity index (χ1n) is 33.7. The number of rotatable bonds is 30. The van der Waals surface area contributed by atoms with Gasteiger partial charge in [0.15, 0.2) is 5.78 Å². The number of piperidine rings is 1. The van der Waals surface area contributed by atoms with Crippen LogP contribution in [0.2, 0.25) is 0 Å². The van der Waals surface area contributed by atoms with E-state index in [0.29, 0.717) is 156 Å². The normalized spacial score (nSPS) is 32.4. The summed E-state index contributed by atoms with van der Waals surface area (Å²) in [5, 5.41) is 30.8. The molecule has 93 heavy (non-hydrogen) atoms. The number of allylic oxidation sites excluding steroid dienone is 5. The number of ketones is 2. The predicted octanol–water partition coefficient (Wildman–Crippen LogP) is 8.16. The number of Topliss-reactive ketones (excluding diaryl/α,β-unsaturated/α-hetero) is 2. The molecule has 0 spiro atoms. The number of nitrogens with one attached hydrogen (secondary N) is 1. The molecular weight excluding hydrogens is 1210 g/mol. The van der Waals surface area contributed by atoms with Crippen molar-refractivity contribution < 1.29 is 95.8 Å². The van der Waals surface area contributed by atoms with E-state index in [1.807, 2.05) is 71.9 Å². The number of esters is 1. The first-order valence-corrected chi connectivity index (χ1v) is 33.7. The van der Waals surface area contributed by atoms with E-state index in [4.69, 9.17) is 61.6 Å². The molecule has 3 heterocycles. The number of aliphatic hydroxyl groups is 2. The Morgan fingerprint density at radius 3 is 1.97 bits per heavy atom. The summed E-state index contributed by atoms with van der Waals surface area (Å²) < 4.78 is 74.4. The number of azide groups is 1. The Labute approximate surface area is 552 Å². The highest BCUT2D eigenvalue weighted by Crippen LogP contribution is 2.39. The van der Waals surface area contributed by atoms with Crippen LogP contribution in [0.15, 0.2) is 52.7 Å². The summed E-state index contributed by atoms with van der Waals surface area (Å²) >= 11 is 0. The van der Waals surface area contributed by atoms with Crippen molar-refractivity contribution >= 4 is 29.5 Å². The van der Waals surface area contributed by atoms with E-state index >= 15 is 0 Å². The molecule has 1 aliphatic carbocycles. The van der Waals surface area contributed by atoms with E-state index in [-0.39, 0.29) is 50.2 Å². The molecule has 25 heteroatoms. The molecule has 0 aromatic heterocycles. The highest BCUT2D eigenvalue weighted by atomic mass is 16.6. The van der Waals surface area contributed by atoms with Gasteiger partial charge < -0.3 is 82.0 Å². The number of cyclic esters (lactones) is 1. The second-order valence-corrected chi connectivity index (χ2v) is 25.2. The van der Waals surface area contributed by atoms with E-state index in [0.717, 1.165) is 5.57 Å². The van der Waals surface area contributed by atoms with Crippen LogP contribution in [0.1, 0.15) is 132 Å². The van der Waals surface area contributed by atoms with Gasteiger partial charge in [0, 0.05) is 70.2 Å². The zero-order valence-electron chi connectivity index (χ0n) is 57.5. The monoisotopic (exact) mass is 1320 g/mol. The molecule has 4 aliphatic rings. The Balaban J connectivity index is 1.42. The van der Waals surface area contributed by atoms with Gasteiger partial charge in [-0.05, 0) is 132 Å². The van der Waals surface area contributed by atoms with Crippen molar-refractivity contribution in [3.63, 3.8) is 0 Å². The largest absolute Gasteiger partial charge is 0.461 e. The topological polar surface area (TPSA) is 310 Å². The maximum absolute atomic E-state index is 14.8. The number of carbonyl (C=O) groups excluding carboxylic acids is 5. The molecule has 1 saturated carbocycles. The number of hydrogen-bond acceptors (Lipinski definition) is 21. The molecule has 0 aromatic rings. The lowest BCUT2D eigenvalue weighted by Gasteiger charge is -2.43. The molecule has 3 N–H and O–H groups in total. The smallest absolute Gasteiger partial charge is 0.407 e. The lowest BCUT2D eigenvalue weighted by molar-refractivity contribution is -0.265. The minimum Gasteiger partial charge on any atom is -0.461 e. The third-order valence-corrected chi connectivity index (χ3v) is 18.0. The summed E-state index contributed by atoms with van der Waals surface area (Å²) in [6, 6.07) is -2.04. The van der Waals surface area contributed by atoms with E-state index in [1.54, 1.807) is 34.1 Å². The van der Waals surface area contributed by atoms with Gasteiger partial charge in [0.1, 0.15) is 30.5 Å². The third-order valence-electron chi connectivity index (χ3n) is 18.0. The van der Waals surface area contributed by atoms with Gasteiger partial charge in [-0.25, -0.2) is 9.59 Å². The van der Waals surface area contributed by atoms with Crippen LogP contribution in [-0.4, -0.2) is 232 Å². The van der Waals surface area contributed by atoms with Crippen molar-refractivity contribution in [2.75, 3.05) is 127 Å². The highest BCUT2D eigenvalue weighted by Gasteiger charge is 2.53. The Hall–Kier alpha value is -4.70. The van der Waals surface area contributed by atoms with Gasteiger partial charge in [-0.1, -0.05) is 76.2 Å². The number of methoxy groups -OCH3 is 3. The van der Waals surface area contributed by atoms with Crippen LogP contribution in [0, 0.1) is 35.5 Å². The van der Waals surface area contributed by atoms with Crippen LogP contribution < -0.4 is 5.32 Å². The highest BCUT2D eigenvalue weighted by molar-refractivity contribution is 6.39. The quantitative estimate of drug-likeness (QED) is 0.0116. The van der Waals surface area contributed by atoms with E-state index < -0.39 is 108 Å². The second-order valence-electron chi connectivity index (χ2n) is 25.2. The minimum atomic E-state index is -2.47. The number of hydrogen-bond donors (Lipinski definition) is 3. The van der Waals surface area contributed by atoms with E-state index in [1.165, 1.54) is 12.0 Å². The zero-order valence-corrected chi connectivity index (χ0v) is 57.5. The average molecular weight is 1320 g/mol. The average Bonchev–Trinajstić information content (AvgIpc) is 0.799. The van der Waals surface area contributed by atoms with Crippen LogP contribution in [-0.2, 0) is 80.8 Å². The van der Waals surface area contributed by atoms with Gasteiger partial charge in [-0.3, -0.25) is 14.4 Å². The lowest BCUT2D eigenvalue weighted by atomic mass is 9.78. The number of ether oxygens (including phenoxy) is 13. The van der Waals surface area contributed by atoms with Crippen molar-refractivity contribution in [3.8, 4) is 0 Å². The molecule has 3 fully saturated rings. The van der Waals surface area contributed by atoms with Gasteiger partial charge in [-0.15, -0.1) is 0 Å². The van der Waals surface area contributed by atoms with E-state index in [2.05, 4.69) is 15.3 Å². The molecule has 4 rings (SSSR count). The van der Waals surface area contributed by atoms with Crippen LogP contribution in [0.3, 0.4) is 0 Å². The summed E-state index contributed by atoms with van der Waals surface area (Å²) in [6.07, 6.45) is 10.2. The molecule has 530 valence electrons. The molecule has 2 bridgehead atoms. The maximum Gasteiger partial charge on any atom is 0.407 e. The first-order chi connectivity index (χ1) is 44.7. The molecule has 2 amide bonds. The van der Waals surface area contributed by atoms with Gasteiger partial charge in [0.25, 0.3) is 11.7 Å². The SMILES string of the molecule is CCOCCOCCOCCOCCOCCOCCOCCNC(=O)O[C@@H]1CC[C@@H](C[C@@H](C)[C@@H]2C[C@H](N=[N+]=[N-])C(C)/C=C(\C)[C@@H](O)[C@@H](OC)C(=O)C(C)C[C@H](C)/C=C/C=C/C=C(\C)[C@@H](OC)C[C@@H]3CC[C@@H](C)[C@@](O)(O3)C(=O)C(=O)N3CCCC[C@H]3C(=O)O2)C[C@H]1OC. The van der Waals surface area contributed by atoms with Crippen LogP contribution in [0.5, 0.6) is 0 Å². The molecular formula is C68H113N5O20. The number of aliphatic hydroxyl groups excluding tert-OH is 1. The molecule has 2 saturated heterocycles. The number of nitrogens with zero attached hydrogens (tertiary/aromatic N) is 4. The summed E-state index contributed by atoms with van der Waals surface area (Å²) in [5.41, 5.74) is 11.3. The van der Waals surface area contributed by atoms with Crippen molar-refractivity contribution in [2.45, 2.75) is 193 Å². The molecule has 3 aliphatic heterocycles. The number of carbonyl (C=O) groups is 5. The fraction of sp³-hybridized carbons (Fsp3) is 0.809. The number of alkyl carbamates (subject to hydrolysis) is 1. The molecule has 0 radical (unpaired) electrons. The Morgan fingerprint density at radius 2 is 1.38 bits per heavy atom. The summed E-state index contributed by atoms with van der Waals surface area (Å²) in [4.78, 5) is 75.3. The minimum absolute atomic E-state index is 0.00169. The van der Waals surface area contributed by atoms with Crippen molar-refractivity contribution in [2.24, 2.45) is 40.6 Å². The first kappa shape index (κ1) is 80.7. The Kier molecular flexibility index (Phi) is 39.0. The maximum atomic E-state index is 14.8. The second kappa shape index (κ2) is 44.9. The van der Waals surface area contributed by atoms with Crippen LogP contribution >= 0.6 is 0 Å². The van der Waals surface area contributed by atoms with Crippen molar-refractivity contribution in [1.29, 1.82) is 0 Å². The van der Waals surface area contributed by atoms with Crippen molar-refractivity contribution in [3.05, 3.63) is 58.0 Å². The molecule has 0 aromatic carbocycles. The third kappa shape index (κ3) is 28.1. The number of fused-ring (bicyclic) bond motifs is 3. The van der Waals surface area contributed by atoms with Gasteiger partial charge in [-0.2, -0.15) is 0 Å². The molecule has 25 nitrogen and oxygen atoms in total. The molecule has 16 atom stereocenters. The lowest BCUT2D eigenvalue weighted by Crippen LogP contribution is -2.61. The Bertz CT molecular complexity index is 2390. The predicted molar refractivity (Wildman–Crippen MR) is 347 cm³/mol. The zero-order chi connectivity index (χ0) is 68.1.